The second-order valence-corrected chi connectivity index (χ2v) is 4.43. The lowest BCUT2D eigenvalue weighted by molar-refractivity contribution is -0.142. The van der Waals surface area contributed by atoms with E-state index in [-0.39, 0.29) is 30.0 Å². The summed E-state index contributed by atoms with van der Waals surface area (Å²) in [5.74, 6) is -0.547. The number of nitrogens with zero attached hydrogens (tertiary/aromatic N) is 1. The van der Waals surface area contributed by atoms with Crippen LogP contribution >= 0.6 is 27.5 Å². The van der Waals surface area contributed by atoms with Gasteiger partial charge in [-0.25, -0.2) is 8.78 Å². The highest BCUT2D eigenvalue weighted by atomic mass is 79.9. The topological polar surface area (TPSA) is 39.2 Å². The fraction of sp³-hybridized carbons (Fsp3) is 0.455. The number of aromatic nitrogens is 1. The quantitative estimate of drug-likeness (QED) is 0.606. The standard InChI is InChI=1S/C11H11BrClF2NO2/c1-2-18-9(17)3-8-10(12)6(4-13)7(5-16-8)11(14)15/h5,11H,2-4H2,1H3. The van der Waals surface area contributed by atoms with Crippen molar-refractivity contribution in [3.8, 4) is 0 Å². The Morgan fingerprint density at radius 3 is 2.78 bits per heavy atom. The molecule has 0 aliphatic carbocycles. The molecule has 1 aromatic rings. The highest BCUT2D eigenvalue weighted by molar-refractivity contribution is 9.10. The van der Waals surface area contributed by atoms with Gasteiger partial charge in [0.15, 0.2) is 0 Å². The number of carbonyl (C=O) groups is 1. The van der Waals surface area contributed by atoms with E-state index in [0.717, 1.165) is 6.20 Å². The van der Waals surface area contributed by atoms with E-state index in [2.05, 4.69) is 20.9 Å². The zero-order valence-corrected chi connectivity index (χ0v) is 11.9. The molecular formula is C11H11BrClF2NO2. The summed E-state index contributed by atoms with van der Waals surface area (Å²) in [6, 6.07) is 0. The van der Waals surface area contributed by atoms with Crippen molar-refractivity contribution in [2.24, 2.45) is 0 Å². The molecule has 1 rings (SSSR count). The monoisotopic (exact) mass is 341 g/mol. The van der Waals surface area contributed by atoms with Gasteiger partial charge >= 0.3 is 5.97 Å². The minimum absolute atomic E-state index is 0.0815. The normalized spacial score (nSPS) is 10.8. The van der Waals surface area contributed by atoms with Gasteiger partial charge in [0.2, 0.25) is 0 Å². The Morgan fingerprint density at radius 1 is 1.61 bits per heavy atom. The highest BCUT2D eigenvalue weighted by Gasteiger charge is 2.19. The number of esters is 1. The molecule has 0 aromatic carbocycles. The first-order chi connectivity index (χ1) is 8.51. The maximum absolute atomic E-state index is 12.7. The molecule has 0 fully saturated rings. The molecular weight excluding hydrogens is 331 g/mol. The van der Waals surface area contributed by atoms with E-state index in [4.69, 9.17) is 16.3 Å². The average molecular weight is 343 g/mol. The molecule has 3 nitrogen and oxygen atoms in total. The zero-order valence-electron chi connectivity index (χ0n) is 9.55. The number of hydrogen-bond acceptors (Lipinski definition) is 3. The third-order valence-electron chi connectivity index (χ3n) is 2.21. The lowest BCUT2D eigenvalue weighted by Crippen LogP contribution is -2.11. The van der Waals surface area contributed by atoms with Crippen LogP contribution in [0.1, 0.15) is 30.2 Å². The van der Waals surface area contributed by atoms with Gasteiger partial charge in [-0.15, -0.1) is 11.6 Å². The van der Waals surface area contributed by atoms with Crippen LogP contribution in [0.25, 0.3) is 0 Å². The fourth-order valence-corrected chi connectivity index (χ4v) is 2.44. The largest absolute Gasteiger partial charge is 0.466 e. The SMILES string of the molecule is CCOC(=O)Cc1ncc(C(F)F)c(CCl)c1Br. The van der Waals surface area contributed by atoms with E-state index in [1.54, 1.807) is 6.92 Å². The van der Waals surface area contributed by atoms with E-state index in [9.17, 15) is 13.6 Å². The fourth-order valence-electron chi connectivity index (χ4n) is 1.38. The number of carbonyl (C=O) groups excluding carboxylic acids is 1. The second kappa shape index (κ2) is 6.99. The molecule has 0 bridgehead atoms. The van der Waals surface area contributed by atoms with Gasteiger partial charge in [0.25, 0.3) is 6.43 Å². The number of hydrogen-bond donors (Lipinski definition) is 0. The third kappa shape index (κ3) is 3.62. The Morgan fingerprint density at radius 2 is 2.28 bits per heavy atom. The van der Waals surface area contributed by atoms with Crippen LogP contribution in [0.5, 0.6) is 0 Å². The summed E-state index contributed by atoms with van der Waals surface area (Å²) in [7, 11) is 0. The minimum atomic E-state index is -2.65. The molecule has 0 radical (unpaired) electrons. The molecule has 0 saturated carbocycles. The smallest absolute Gasteiger partial charge is 0.311 e. The summed E-state index contributed by atoms with van der Waals surface area (Å²) in [6.45, 7) is 1.94. The molecule has 18 heavy (non-hydrogen) atoms. The van der Waals surface area contributed by atoms with Gasteiger partial charge in [0, 0.05) is 22.1 Å². The average Bonchev–Trinajstić information content (AvgIpc) is 2.31. The van der Waals surface area contributed by atoms with Gasteiger partial charge in [-0.2, -0.15) is 0 Å². The van der Waals surface area contributed by atoms with Crippen LogP contribution in [0, 0.1) is 0 Å². The first kappa shape index (κ1) is 15.3. The lowest BCUT2D eigenvalue weighted by Gasteiger charge is -2.11. The summed E-state index contributed by atoms with van der Waals surface area (Å²) in [4.78, 5) is 15.2. The number of ether oxygens (including phenoxy) is 1. The molecule has 7 heteroatoms. The predicted molar refractivity (Wildman–Crippen MR) is 66.8 cm³/mol. The van der Waals surface area contributed by atoms with Crippen LogP contribution in [-0.2, 0) is 21.8 Å². The van der Waals surface area contributed by atoms with Gasteiger partial charge < -0.3 is 4.74 Å². The predicted octanol–water partition coefficient (Wildman–Crippen LogP) is 3.63. The van der Waals surface area contributed by atoms with E-state index < -0.39 is 12.4 Å². The summed E-state index contributed by atoms with van der Waals surface area (Å²) < 4.78 is 30.5. The van der Waals surface area contributed by atoms with E-state index in [0.29, 0.717) is 10.2 Å². The molecule has 0 aliphatic rings. The van der Waals surface area contributed by atoms with Crippen molar-refractivity contribution in [3.05, 3.63) is 27.5 Å². The summed E-state index contributed by atoms with van der Waals surface area (Å²) in [6.07, 6.45) is -1.69. The first-order valence-electron chi connectivity index (χ1n) is 5.17. The molecule has 0 aliphatic heterocycles. The molecule has 0 amide bonds. The van der Waals surface area contributed by atoms with Crippen LogP contribution in [-0.4, -0.2) is 17.6 Å². The molecule has 0 unspecified atom stereocenters. The van der Waals surface area contributed by atoms with E-state index in [1.165, 1.54) is 0 Å². The minimum Gasteiger partial charge on any atom is -0.466 e. The summed E-state index contributed by atoms with van der Waals surface area (Å²) >= 11 is 8.80. The van der Waals surface area contributed by atoms with Crippen molar-refractivity contribution in [1.29, 1.82) is 0 Å². The van der Waals surface area contributed by atoms with Crippen LogP contribution < -0.4 is 0 Å². The zero-order chi connectivity index (χ0) is 13.7. The molecule has 0 N–H and O–H groups in total. The Kier molecular flexibility index (Phi) is 5.95. The Hall–Kier alpha value is -0.750. The highest BCUT2D eigenvalue weighted by Crippen LogP contribution is 2.31. The lowest BCUT2D eigenvalue weighted by atomic mass is 10.1. The second-order valence-electron chi connectivity index (χ2n) is 3.37. The number of halogens is 4. The van der Waals surface area contributed by atoms with Crippen LogP contribution in [0.4, 0.5) is 8.78 Å². The van der Waals surface area contributed by atoms with Gasteiger partial charge in [0.05, 0.1) is 18.7 Å². The Balaban J connectivity index is 3.05. The van der Waals surface area contributed by atoms with Crippen LogP contribution in [0.3, 0.4) is 0 Å². The van der Waals surface area contributed by atoms with Crippen molar-refractivity contribution >= 4 is 33.5 Å². The molecule has 0 atom stereocenters. The van der Waals surface area contributed by atoms with Crippen molar-refractivity contribution in [1.82, 2.24) is 4.98 Å². The number of pyridine rings is 1. The van der Waals surface area contributed by atoms with Crippen molar-refractivity contribution in [2.45, 2.75) is 25.7 Å². The Labute approximate surface area is 117 Å². The van der Waals surface area contributed by atoms with Crippen LogP contribution in [0.2, 0.25) is 0 Å². The summed E-state index contributed by atoms with van der Waals surface area (Å²) in [5, 5.41) is 0. The molecule has 0 saturated heterocycles. The van der Waals surface area contributed by atoms with Crippen LogP contribution in [0.15, 0.2) is 10.7 Å². The molecule has 100 valence electrons. The van der Waals surface area contributed by atoms with Crippen molar-refractivity contribution in [3.63, 3.8) is 0 Å². The molecule has 0 spiro atoms. The van der Waals surface area contributed by atoms with Crippen molar-refractivity contribution < 1.29 is 18.3 Å². The molecule has 1 heterocycles. The van der Waals surface area contributed by atoms with Crippen molar-refractivity contribution in [2.75, 3.05) is 6.61 Å². The van der Waals surface area contributed by atoms with Gasteiger partial charge in [-0.1, -0.05) is 0 Å². The van der Waals surface area contributed by atoms with Gasteiger partial charge in [-0.3, -0.25) is 9.78 Å². The van der Waals surface area contributed by atoms with Gasteiger partial charge in [-0.05, 0) is 28.4 Å². The van der Waals surface area contributed by atoms with Gasteiger partial charge in [0.1, 0.15) is 0 Å². The third-order valence-corrected chi connectivity index (χ3v) is 3.42. The molecule has 1 aromatic heterocycles. The summed E-state index contributed by atoms with van der Waals surface area (Å²) in [5.41, 5.74) is 0.360. The van der Waals surface area contributed by atoms with E-state index >= 15 is 0 Å². The maximum atomic E-state index is 12.7. The number of rotatable bonds is 5. The Bertz CT molecular complexity index is 443. The van der Waals surface area contributed by atoms with E-state index in [1.807, 2.05) is 0 Å². The number of alkyl halides is 3. The maximum Gasteiger partial charge on any atom is 0.311 e. The first-order valence-corrected chi connectivity index (χ1v) is 6.49.